The average molecular weight is 447 g/mol. The van der Waals surface area contributed by atoms with Crippen molar-refractivity contribution in [3.63, 3.8) is 0 Å². The molecule has 3 aromatic rings. The second-order valence-corrected chi connectivity index (χ2v) is 7.74. The number of nitrogens with one attached hydrogen (secondary N) is 1. The van der Waals surface area contributed by atoms with E-state index in [9.17, 15) is 9.90 Å². The fourth-order valence-electron chi connectivity index (χ4n) is 3.86. The lowest BCUT2D eigenvalue weighted by Gasteiger charge is -2.25. The van der Waals surface area contributed by atoms with Gasteiger partial charge in [0.15, 0.2) is 0 Å². The number of carbonyl (C=O) groups is 1. The molecule has 30 heavy (non-hydrogen) atoms. The Balaban J connectivity index is 0.00000256. The maximum Gasteiger partial charge on any atom is 0.275 e. The summed E-state index contributed by atoms with van der Waals surface area (Å²) in [5, 5.41) is 18.7. The summed E-state index contributed by atoms with van der Waals surface area (Å²) in [5.41, 5.74) is 4.29. The number of aromatic nitrogens is 3. The quantitative estimate of drug-likeness (QED) is 0.628. The summed E-state index contributed by atoms with van der Waals surface area (Å²) in [6.45, 7) is 3.24. The van der Waals surface area contributed by atoms with Gasteiger partial charge in [0.2, 0.25) is 0 Å². The van der Waals surface area contributed by atoms with Crippen molar-refractivity contribution in [2.75, 3.05) is 13.1 Å². The Morgan fingerprint density at radius 2 is 1.77 bits per heavy atom. The van der Waals surface area contributed by atoms with Gasteiger partial charge in [-0.2, -0.15) is 5.10 Å². The lowest BCUT2D eigenvalue weighted by atomic mass is 9.88. The molecular formula is C22H24Cl2N4O2. The summed E-state index contributed by atoms with van der Waals surface area (Å²) >= 11 is 6.08. The predicted molar refractivity (Wildman–Crippen MR) is 120 cm³/mol. The first-order chi connectivity index (χ1) is 14.1. The number of carbonyl (C=O) groups excluding carboxylic acids is 1. The van der Waals surface area contributed by atoms with Crippen molar-refractivity contribution in [2.24, 2.45) is 0 Å². The van der Waals surface area contributed by atoms with Crippen molar-refractivity contribution >= 4 is 29.9 Å². The molecule has 0 amide bonds. The maximum atomic E-state index is 12.9. The minimum Gasteiger partial charge on any atom is -0.383 e. The first-order valence-corrected chi connectivity index (χ1v) is 10.2. The molecule has 1 fully saturated rings. The van der Waals surface area contributed by atoms with E-state index in [0.29, 0.717) is 10.7 Å². The van der Waals surface area contributed by atoms with Crippen LogP contribution in [0.3, 0.4) is 0 Å². The first-order valence-electron chi connectivity index (χ1n) is 9.78. The molecule has 2 N–H and O–H groups in total. The third-order valence-corrected chi connectivity index (χ3v) is 5.55. The molecule has 8 heteroatoms. The van der Waals surface area contributed by atoms with Crippen molar-refractivity contribution in [3.05, 3.63) is 59.5 Å². The monoisotopic (exact) mass is 446 g/mol. The third kappa shape index (κ3) is 4.42. The molecular weight excluding hydrogens is 423 g/mol. The molecule has 1 aliphatic rings. The van der Waals surface area contributed by atoms with E-state index in [1.165, 1.54) is 11.6 Å². The molecule has 0 bridgehead atoms. The average Bonchev–Trinajstić information content (AvgIpc) is 3.15. The molecule has 1 atom stereocenters. The van der Waals surface area contributed by atoms with Crippen molar-refractivity contribution in [1.82, 2.24) is 20.1 Å². The lowest BCUT2D eigenvalue weighted by molar-refractivity contribution is 0.0663. The van der Waals surface area contributed by atoms with Gasteiger partial charge in [-0.3, -0.25) is 9.78 Å². The zero-order valence-corrected chi connectivity index (χ0v) is 18.2. The number of hydrogen-bond acceptors (Lipinski definition) is 5. The summed E-state index contributed by atoms with van der Waals surface area (Å²) in [5.74, 6) is -0.260. The van der Waals surface area contributed by atoms with Crippen molar-refractivity contribution in [2.45, 2.75) is 31.8 Å². The van der Waals surface area contributed by atoms with E-state index in [1.807, 2.05) is 36.4 Å². The number of halogens is 2. The Morgan fingerprint density at radius 3 is 2.37 bits per heavy atom. The molecule has 158 valence electrons. The molecule has 1 unspecified atom stereocenters. The van der Waals surface area contributed by atoms with Gasteiger partial charge in [-0.25, -0.2) is 4.68 Å². The summed E-state index contributed by atoms with van der Waals surface area (Å²) in [7, 11) is 0. The zero-order chi connectivity index (χ0) is 20.4. The number of pyridine rings is 1. The van der Waals surface area contributed by atoms with Gasteiger partial charge in [-0.05, 0) is 62.7 Å². The van der Waals surface area contributed by atoms with Crippen molar-refractivity contribution in [1.29, 1.82) is 0 Å². The Bertz CT molecular complexity index is 998. The molecule has 0 aliphatic carbocycles. The number of benzene rings is 1. The Morgan fingerprint density at radius 1 is 1.13 bits per heavy atom. The third-order valence-electron chi connectivity index (χ3n) is 5.30. The number of rotatable bonds is 4. The van der Waals surface area contributed by atoms with Crippen LogP contribution in [0.2, 0.25) is 5.02 Å². The van der Waals surface area contributed by atoms with E-state index in [4.69, 9.17) is 16.7 Å². The van der Waals surface area contributed by atoms with E-state index in [2.05, 4.69) is 10.3 Å². The number of aliphatic hydroxyl groups is 1. The first kappa shape index (κ1) is 22.4. The highest BCUT2D eigenvalue weighted by molar-refractivity contribution is 6.30. The van der Waals surface area contributed by atoms with Crippen LogP contribution >= 0.6 is 24.0 Å². The second kappa shape index (κ2) is 9.71. The number of hydrogen-bond donors (Lipinski definition) is 2. The van der Waals surface area contributed by atoms with Gasteiger partial charge in [0, 0.05) is 34.5 Å². The molecule has 2 aromatic heterocycles. The van der Waals surface area contributed by atoms with Crippen LogP contribution < -0.4 is 5.32 Å². The van der Waals surface area contributed by atoms with Crippen LogP contribution in [-0.4, -0.2) is 45.0 Å². The Kier molecular flexibility index (Phi) is 7.26. The van der Waals surface area contributed by atoms with Crippen LogP contribution in [0.4, 0.5) is 0 Å². The summed E-state index contributed by atoms with van der Waals surface area (Å²) in [6, 6.07) is 11.3. The molecule has 0 saturated carbocycles. The van der Waals surface area contributed by atoms with Crippen LogP contribution in [0.15, 0.2) is 48.8 Å². The molecule has 4 rings (SSSR count). The molecule has 3 heterocycles. The fourth-order valence-corrected chi connectivity index (χ4v) is 3.99. The minimum atomic E-state index is -1.14. The zero-order valence-electron chi connectivity index (χ0n) is 16.6. The van der Waals surface area contributed by atoms with Crippen LogP contribution in [0.5, 0.6) is 0 Å². The van der Waals surface area contributed by atoms with Gasteiger partial charge < -0.3 is 10.4 Å². The second-order valence-electron chi connectivity index (χ2n) is 7.30. The molecule has 1 aromatic carbocycles. The molecule has 1 saturated heterocycles. The normalized spacial score (nSPS) is 15.4. The SMILES string of the molecule is CC(O)C(=O)n1nc(-c2ccc(Cl)cc2)c(-c2ccncc2)c1C1CCNCC1.Cl. The van der Waals surface area contributed by atoms with E-state index >= 15 is 0 Å². The highest BCUT2D eigenvalue weighted by Gasteiger charge is 2.31. The van der Waals surface area contributed by atoms with E-state index in [-0.39, 0.29) is 18.3 Å². The smallest absolute Gasteiger partial charge is 0.275 e. The topological polar surface area (TPSA) is 80.0 Å². The van der Waals surface area contributed by atoms with Gasteiger partial charge in [0.1, 0.15) is 11.8 Å². The van der Waals surface area contributed by atoms with Crippen molar-refractivity contribution < 1.29 is 9.90 Å². The van der Waals surface area contributed by atoms with Crippen LogP contribution in [0.25, 0.3) is 22.4 Å². The van der Waals surface area contributed by atoms with Gasteiger partial charge >= 0.3 is 0 Å². The highest BCUT2D eigenvalue weighted by atomic mass is 35.5. The molecule has 0 spiro atoms. The van der Waals surface area contributed by atoms with Crippen LogP contribution in [0, 0.1) is 0 Å². The standard InChI is InChI=1S/C22H23ClN4O2.ClH/c1-14(28)22(29)27-21(17-8-12-25-13-9-17)19(15-6-10-24-11-7-15)20(26-27)16-2-4-18(23)5-3-16;/h2-7,10-11,14,17,25,28H,8-9,12-13H2,1H3;1H. The maximum absolute atomic E-state index is 12.9. The van der Waals surface area contributed by atoms with Gasteiger partial charge in [-0.15, -0.1) is 12.4 Å². The minimum absolute atomic E-state index is 0. The molecule has 1 aliphatic heterocycles. The van der Waals surface area contributed by atoms with Gasteiger partial charge in [0.05, 0.1) is 5.69 Å². The molecule has 6 nitrogen and oxygen atoms in total. The van der Waals surface area contributed by atoms with Crippen LogP contribution in [-0.2, 0) is 0 Å². The summed E-state index contributed by atoms with van der Waals surface area (Å²) in [6.07, 6.45) is 4.13. The van der Waals surface area contributed by atoms with Crippen LogP contribution in [0.1, 0.15) is 36.2 Å². The van der Waals surface area contributed by atoms with Crippen molar-refractivity contribution in [3.8, 4) is 22.4 Å². The Labute approximate surface area is 186 Å². The highest BCUT2D eigenvalue weighted by Crippen LogP contribution is 2.40. The summed E-state index contributed by atoms with van der Waals surface area (Å²) in [4.78, 5) is 17.0. The van der Waals surface area contributed by atoms with E-state index < -0.39 is 12.0 Å². The number of nitrogens with zero attached hydrogens (tertiary/aromatic N) is 3. The Hall–Kier alpha value is -2.25. The lowest BCUT2D eigenvalue weighted by Crippen LogP contribution is -2.31. The van der Waals surface area contributed by atoms with E-state index in [1.54, 1.807) is 12.4 Å². The fraction of sp³-hybridized carbons (Fsp3) is 0.318. The molecule has 0 radical (unpaired) electrons. The predicted octanol–water partition coefficient (Wildman–Crippen LogP) is 4.18. The van der Waals surface area contributed by atoms with Gasteiger partial charge in [0.25, 0.3) is 5.91 Å². The summed E-state index contributed by atoms with van der Waals surface area (Å²) < 4.78 is 1.42. The number of piperidine rings is 1. The number of aliphatic hydroxyl groups excluding tert-OH is 1. The largest absolute Gasteiger partial charge is 0.383 e. The van der Waals surface area contributed by atoms with E-state index in [0.717, 1.165) is 48.3 Å². The van der Waals surface area contributed by atoms with Gasteiger partial charge in [-0.1, -0.05) is 23.7 Å².